The first-order chi connectivity index (χ1) is 11.4. The Bertz CT molecular complexity index is 666. The van der Waals surface area contributed by atoms with Crippen LogP contribution in [0.5, 0.6) is 0 Å². The van der Waals surface area contributed by atoms with E-state index in [0.717, 1.165) is 5.56 Å². The number of fused-ring (bicyclic) bond motifs is 1. The van der Waals surface area contributed by atoms with Crippen molar-refractivity contribution in [2.24, 2.45) is 0 Å². The zero-order valence-electron chi connectivity index (χ0n) is 14.3. The van der Waals surface area contributed by atoms with Gasteiger partial charge < -0.3 is 9.84 Å². The highest BCUT2D eigenvalue weighted by molar-refractivity contribution is 7.86. The fourth-order valence-corrected chi connectivity index (χ4v) is 5.60. The highest BCUT2D eigenvalue weighted by atomic mass is 32.2. The standard InChI is InChI=1S/C17H26N2O4S/c1-18(13-14-6-4-3-5-7-14)24(21,22)19-11-10-17(23-2)9-8-15(20)12-16(17)19/h3-7,15-16,20H,8-13H2,1-2H3/t15-,16-,17+/m0/s1. The molecule has 1 saturated carbocycles. The van der Waals surface area contributed by atoms with Crippen LogP contribution >= 0.6 is 0 Å². The molecule has 1 aliphatic carbocycles. The molecule has 1 aliphatic heterocycles. The second kappa shape index (κ2) is 6.72. The summed E-state index contributed by atoms with van der Waals surface area (Å²) < 4.78 is 34.8. The normalized spacial score (nSPS) is 31.3. The summed E-state index contributed by atoms with van der Waals surface area (Å²) in [6.45, 7) is 0.765. The highest BCUT2D eigenvalue weighted by Gasteiger charge is 2.54. The molecular weight excluding hydrogens is 328 g/mol. The maximum atomic E-state index is 13.1. The lowest BCUT2D eigenvalue weighted by Crippen LogP contribution is -2.54. The van der Waals surface area contributed by atoms with Gasteiger partial charge in [-0.2, -0.15) is 17.0 Å². The van der Waals surface area contributed by atoms with E-state index in [1.807, 2.05) is 30.3 Å². The molecule has 3 rings (SSSR count). The van der Waals surface area contributed by atoms with Gasteiger partial charge in [-0.15, -0.1) is 0 Å². The van der Waals surface area contributed by atoms with Crippen LogP contribution in [0.3, 0.4) is 0 Å². The third kappa shape index (κ3) is 3.11. The summed E-state index contributed by atoms with van der Waals surface area (Å²) in [6.07, 6.45) is 2.02. The maximum absolute atomic E-state index is 13.1. The molecule has 0 radical (unpaired) electrons. The lowest BCUT2D eigenvalue weighted by Gasteiger charge is -2.42. The van der Waals surface area contributed by atoms with Crippen LogP contribution in [0.1, 0.15) is 31.2 Å². The molecule has 1 N–H and O–H groups in total. The predicted octanol–water partition coefficient (Wildman–Crippen LogP) is 1.37. The molecule has 6 nitrogen and oxygen atoms in total. The van der Waals surface area contributed by atoms with E-state index in [2.05, 4.69) is 0 Å². The van der Waals surface area contributed by atoms with Crippen LogP contribution in [0.2, 0.25) is 0 Å². The Morgan fingerprint density at radius 2 is 2.04 bits per heavy atom. The van der Waals surface area contributed by atoms with Gasteiger partial charge in [-0.05, 0) is 31.2 Å². The van der Waals surface area contributed by atoms with E-state index in [-0.39, 0.29) is 6.04 Å². The minimum atomic E-state index is -3.60. The second-order valence-corrected chi connectivity index (χ2v) is 8.81. The van der Waals surface area contributed by atoms with Crippen LogP contribution in [-0.4, -0.2) is 60.6 Å². The van der Waals surface area contributed by atoms with E-state index in [1.165, 1.54) is 8.61 Å². The molecule has 1 aromatic rings. The topological polar surface area (TPSA) is 70.1 Å². The van der Waals surface area contributed by atoms with Crippen molar-refractivity contribution in [3.05, 3.63) is 35.9 Å². The molecule has 134 valence electrons. The first-order valence-corrected chi connectivity index (χ1v) is 9.79. The van der Waals surface area contributed by atoms with Crippen molar-refractivity contribution in [1.82, 2.24) is 8.61 Å². The van der Waals surface area contributed by atoms with Gasteiger partial charge in [0.05, 0.1) is 17.7 Å². The van der Waals surface area contributed by atoms with E-state index < -0.39 is 21.9 Å². The Labute approximate surface area is 144 Å². The number of hydrogen-bond donors (Lipinski definition) is 1. The largest absolute Gasteiger partial charge is 0.393 e. The average molecular weight is 354 g/mol. The number of aliphatic hydroxyl groups is 1. The summed E-state index contributed by atoms with van der Waals surface area (Å²) in [4.78, 5) is 0. The van der Waals surface area contributed by atoms with Crippen molar-refractivity contribution in [2.75, 3.05) is 20.7 Å². The van der Waals surface area contributed by atoms with Crippen LogP contribution in [0, 0.1) is 0 Å². The zero-order valence-corrected chi connectivity index (χ0v) is 15.1. The van der Waals surface area contributed by atoms with Crippen LogP contribution in [0.4, 0.5) is 0 Å². The lowest BCUT2D eigenvalue weighted by molar-refractivity contribution is -0.0779. The summed E-state index contributed by atoms with van der Waals surface area (Å²) >= 11 is 0. The van der Waals surface area contributed by atoms with E-state index in [1.54, 1.807) is 14.2 Å². The zero-order chi connectivity index (χ0) is 17.4. The summed E-state index contributed by atoms with van der Waals surface area (Å²) in [6, 6.07) is 9.25. The molecule has 1 heterocycles. The van der Waals surface area contributed by atoms with Gasteiger partial charge in [-0.1, -0.05) is 30.3 Å². The predicted molar refractivity (Wildman–Crippen MR) is 91.5 cm³/mol. The number of benzene rings is 1. The molecule has 1 aromatic carbocycles. The molecule has 24 heavy (non-hydrogen) atoms. The molecule has 0 unspecified atom stereocenters. The van der Waals surface area contributed by atoms with E-state index >= 15 is 0 Å². The molecule has 0 bridgehead atoms. The van der Waals surface area contributed by atoms with Crippen molar-refractivity contribution in [1.29, 1.82) is 0 Å². The van der Waals surface area contributed by atoms with Gasteiger partial charge in [-0.25, -0.2) is 0 Å². The molecule has 7 heteroatoms. The minimum Gasteiger partial charge on any atom is -0.393 e. The minimum absolute atomic E-state index is 0.297. The third-order valence-electron chi connectivity index (χ3n) is 5.45. The van der Waals surface area contributed by atoms with Crippen LogP contribution in [0.25, 0.3) is 0 Å². The summed E-state index contributed by atoms with van der Waals surface area (Å²) in [5.74, 6) is 0. The Balaban J connectivity index is 1.81. The van der Waals surface area contributed by atoms with Crippen molar-refractivity contribution < 1.29 is 18.3 Å². The molecule has 2 fully saturated rings. The van der Waals surface area contributed by atoms with E-state index in [9.17, 15) is 13.5 Å². The van der Waals surface area contributed by atoms with Crippen molar-refractivity contribution in [2.45, 2.75) is 50.0 Å². The number of ether oxygens (including phenoxy) is 1. The Morgan fingerprint density at radius 3 is 2.71 bits per heavy atom. The molecule has 2 aliphatic rings. The van der Waals surface area contributed by atoms with Crippen molar-refractivity contribution in [3.8, 4) is 0 Å². The Hall–Kier alpha value is -0.990. The van der Waals surface area contributed by atoms with Crippen molar-refractivity contribution >= 4 is 10.2 Å². The van der Waals surface area contributed by atoms with Gasteiger partial charge in [0.2, 0.25) is 0 Å². The first kappa shape index (κ1) is 17.8. The van der Waals surface area contributed by atoms with Gasteiger partial charge >= 0.3 is 0 Å². The molecule has 0 amide bonds. The molecule has 0 aromatic heterocycles. The van der Waals surface area contributed by atoms with Gasteiger partial charge in [0.25, 0.3) is 10.2 Å². The number of methoxy groups -OCH3 is 1. The van der Waals surface area contributed by atoms with Gasteiger partial charge in [0.15, 0.2) is 0 Å². The van der Waals surface area contributed by atoms with Gasteiger partial charge in [-0.3, -0.25) is 0 Å². The summed E-state index contributed by atoms with van der Waals surface area (Å²) in [5, 5.41) is 10.0. The molecule has 0 spiro atoms. The second-order valence-electron chi connectivity index (χ2n) is 6.82. The summed E-state index contributed by atoms with van der Waals surface area (Å²) in [5.41, 5.74) is 0.490. The quantitative estimate of drug-likeness (QED) is 0.867. The highest BCUT2D eigenvalue weighted by Crippen LogP contribution is 2.43. The molecule has 3 atom stereocenters. The Kier molecular flexibility index (Phi) is 4.99. The fourth-order valence-electron chi connectivity index (χ4n) is 4.01. The monoisotopic (exact) mass is 354 g/mol. The smallest absolute Gasteiger partial charge is 0.282 e. The molecular formula is C17H26N2O4S. The van der Waals surface area contributed by atoms with Crippen molar-refractivity contribution in [3.63, 3.8) is 0 Å². The summed E-state index contributed by atoms with van der Waals surface area (Å²) in [7, 11) is -0.351. The van der Waals surface area contributed by atoms with E-state index in [0.29, 0.717) is 38.8 Å². The first-order valence-electron chi connectivity index (χ1n) is 8.39. The fraction of sp³-hybridized carbons (Fsp3) is 0.647. The maximum Gasteiger partial charge on any atom is 0.282 e. The number of rotatable bonds is 5. The van der Waals surface area contributed by atoms with Crippen LogP contribution in [-0.2, 0) is 21.5 Å². The van der Waals surface area contributed by atoms with Crippen LogP contribution < -0.4 is 0 Å². The number of aliphatic hydroxyl groups excluding tert-OH is 1. The number of hydrogen-bond acceptors (Lipinski definition) is 4. The van der Waals surface area contributed by atoms with Gasteiger partial charge in [0, 0.05) is 27.2 Å². The van der Waals surface area contributed by atoms with Gasteiger partial charge in [0.1, 0.15) is 0 Å². The number of nitrogens with zero attached hydrogens (tertiary/aromatic N) is 2. The average Bonchev–Trinajstić information content (AvgIpc) is 2.95. The van der Waals surface area contributed by atoms with Crippen LogP contribution in [0.15, 0.2) is 30.3 Å². The third-order valence-corrected chi connectivity index (χ3v) is 7.40. The van der Waals surface area contributed by atoms with E-state index in [4.69, 9.17) is 4.74 Å². The SMILES string of the molecule is CO[C@@]12CC[C@H](O)C[C@@H]1N(S(=O)(=O)N(C)Cc1ccccc1)CC2. The lowest BCUT2D eigenvalue weighted by atomic mass is 9.79. The molecule has 1 saturated heterocycles. The Morgan fingerprint density at radius 1 is 1.33 bits per heavy atom.